The van der Waals surface area contributed by atoms with Crippen molar-refractivity contribution in [3.8, 4) is 5.75 Å². The normalized spacial score (nSPS) is 11.5. The molecule has 0 bridgehead atoms. The fraction of sp³-hybridized carbons (Fsp3) is 0.538. The molecule has 0 unspecified atom stereocenters. The minimum atomic E-state index is 0.302. The second-order valence-electron chi connectivity index (χ2n) is 4.62. The number of thioether (sulfide) groups is 1. The van der Waals surface area contributed by atoms with E-state index in [1.165, 1.54) is 0 Å². The summed E-state index contributed by atoms with van der Waals surface area (Å²) in [5.74, 6) is 1.92. The molecule has 0 saturated heterocycles. The third-order valence-electron chi connectivity index (χ3n) is 2.07. The lowest BCUT2D eigenvalue weighted by Gasteiger charge is -2.18. The second kappa shape index (κ2) is 6.16. The number of rotatable bonds is 5. The van der Waals surface area contributed by atoms with Gasteiger partial charge in [0.2, 0.25) is 0 Å². The van der Waals surface area contributed by atoms with Crippen molar-refractivity contribution in [3.05, 3.63) is 29.8 Å². The number of nitrogens with two attached hydrogens (primary N) is 1. The maximum absolute atomic E-state index is 5.72. The predicted molar refractivity (Wildman–Crippen MR) is 72.0 cm³/mol. The summed E-state index contributed by atoms with van der Waals surface area (Å²) in [6.45, 7) is 7.91. The van der Waals surface area contributed by atoms with Crippen LogP contribution in [0.1, 0.15) is 26.3 Å². The Labute approximate surface area is 103 Å². The average Bonchev–Trinajstić information content (AvgIpc) is 2.23. The van der Waals surface area contributed by atoms with E-state index < -0.39 is 0 Å². The highest BCUT2D eigenvalue weighted by molar-refractivity contribution is 8.00. The molecule has 16 heavy (non-hydrogen) atoms. The molecule has 0 amide bonds. The van der Waals surface area contributed by atoms with Gasteiger partial charge in [-0.2, -0.15) is 11.8 Å². The summed E-state index contributed by atoms with van der Waals surface area (Å²) in [7, 11) is 0. The lowest BCUT2D eigenvalue weighted by Crippen LogP contribution is -2.12. The van der Waals surface area contributed by atoms with E-state index in [1.54, 1.807) is 0 Å². The van der Waals surface area contributed by atoms with Gasteiger partial charge in [-0.25, -0.2) is 0 Å². The lowest BCUT2D eigenvalue weighted by atomic mass is 10.2. The Balaban J connectivity index is 2.37. The van der Waals surface area contributed by atoms with Crippen molar-refractivity contribution in [2.24, 2.45) is 5.73 Å². The molecule has 0 aliphatic carbocycles. The summed E-state index contributed by atoms with van der Waals surface area (Å²) in [6.07, 6.45) is 0. The van der Waals surface area contributed by atoms with Gasteiger partial charge >= 0.3 is 0 Å². The number of hydrogen-bond acceptors (Lipinski definition) is 3. The molecule has 0 aliphatic heterocycles. The third kappa shape index (κ3) is 4.90. The Bertz CT molecular complexity index is 320. The van der Waals surface area contributed by atoms with E-state index in [4.69, 9.17) is 10.5 Å². The van der Waals surface area contributed by atoms with Crippen molar-refractivity contribution in [3.63, 3.8) is 0 Å². The third-order valence-corrected chi connectivity index (χ3v) is 3.31. The van der Waals surface area contributed by atoms with Crippen LogP contribution in [-0.2, 0) is 6.54 Å². The van der Waals surface area contributed by atoms with Crippen LogP contribution in [0.3, 0.4) is 0 Å². The molecule has 90 valence electrons. The Morgan fingerprint density at radius 2 is 1.94 bits per heavy atom. The van der Waals surface area contributed by atoms with Crippen LogP contribution in [0.2, 0.25) is 0 Å². The zero-order valence-corrected chi connectivity index (χ0v) is 11.1. The molecule has 0 aromatic heterocycles. The van der Waals surface area contributed by atoms with Crippen molar-refractivity contribution >= 4 is 11.8 Å². The highest BCUT2D eigenvalue weighted by Gasteiger charge is 2.10. The van der Waals surface area contributed by atoms with Crippen LogP contribution in [-0.4, -0.2) is 17.1 Å². The van der Waals surface area contributed by atoms with Crippen molar-refractivity contribution in [1.82, 2.24) is 0 Å². The molecule has 0 saturated carbocycles. The smallest absolute Gasteiger partial charge is 0.123 e. The van der Waals surface area contributed by atoms with Crippen LogP contribution in [0.5, 0.6) is 5.75 Å². The fourth-order valence-corrected chi connectivity index (χ4v) is 2.09. The molecule has 2 N–H and O–H groups in total. The van der Waals surface area contributed by atoms with Crippen LogP contribution in [0.15, 0.2) is 24.3 Å². The molecule has 0 radical (unpaired) electrons. The maximum Gasteiger partial charge on any atom is 0.123 e. The Kier molecular flexibility index (Phi) is 5.16. The monoisotopic (exact) mass is 239 g/mol. The number of hydrogen-bond donors (Lipinski definition) is 1. The zero-order valence-electron chi connectivity index (χ0n) is 10.3. The lowest BCUT2D eigenvalue weighted by molar-refractivity contribution is 0.340. The highest BCUT2D eigenvalue weighted by Crippen LogP contribution is 2.23. The molecule has 1 rings (SSSR count). The fourth-order valence-electron chi connectivity index (χ4n) is 1.31. The van der Waals surface area contributed by atoms with Gasteiger partial charge in [-0.3, -0.25) is 0 Å². The van der Waals surface area contributed by atoms with Crippen molar-refractivity contribution < 1.29 is 4.74 Å². The first-order valence-corrected chi connectivity index (χ1v) is 6.56. The van der Waals surface area contributed by atoms with Gasteiger partial charge in [-0.05, 0) is 6.07 Å². The van der Waals surface area contributed by atoms with Crippen molar-refractivity contribution in [2.45, 2.75) is 32.1 Å². The molecule has 0 fully saturated rings. The molecule has 1 aromatic carbocycles. The zero-order chi connectivity index (χ0) is 12.0. The molecule has 2 nitrogen and oxygen atoms in total. The number of benzene rings is 1. The van der Waals surface area contributed by atoms with Gasteiger partial charge in [0.25, 0.3) is 0 Å². The Morgan fingerprint density at radius 1 is 1.25 bits per heavy atom. The van der Waals surface area contributed by atoms with Gasteiger partial charge in [0.1, 0.15) is 5.75 Å². The Morgan fingerprint density at radius 3 is 2.56 bits per heavy atom. The van der Waals surface area contributed by atoms with E-state index in [2.05, 4.69) is 20.8 Å². The molecule has 1 aromatic rings. The van der Waals surface area contributed by atoms with Crippen LogP contribution >= 0.6 is 11.8 Å². The van der Waals surface area contributed by atoms with Gasteiger partial charge in [0.05, 0.1) is 6.61 Å². The number of para-hydroxylation sites is 1. The summed E-state index contributed by atoms with van der Waals surface area (Å²) < 4.78 is 6.02. The first kappa shape index (κ1) is 13.4. The van der Waals surface area contributed by atoms with Crippen LogP contribution in [0, 0.1) is 0 Å². The Hall–Kier alpha value is -0.670. The minimum Gasteiger partial charge on any atom is -0.492 e. The van der Waals surface area contributed by atoms with Crippen molar-refractivity contribution in [1.29, 1.82) is 0 Å². The molecular formula is C13H21NOS. The molecule has 3 heteroatoms. The maximum atomic E-state index is 5.72. The van der Waals surface area contributed by atoms with E-state index in [-0.39, 0.29) is 0 Å². The largest absolute Gasteiger partial charge is 0.492 e. The van der Waals surface area contributed by atoms with Crippen LogP contribution < -0.4 is 10.5 Å². The molecule has 0 aliphatic rings. The second-order valence-corrected chi connectivity index (χ2v) is 6.54. The first-order valence-electron chi connectivity index (χ1n) is 5.57. The summed E-state index contributed by atoms with van der Waals surface area (Å²) in [6, 6.07) is 7.94. The van der Waals surface area contributed by atoms with Gasteiger partial charge < -0.3 is 10.5 Å². The van der Waals surface area contributed by atoms with Gasteiger partial charge in [-0.1, -0.05) is 39.0 Å². The summed E-state index contributed by atoms with van der Waals surface area (Å²) in [5.41, 5.74) is 6.71. The predicted octanol–water partition coefficient (Wildman–Crippen LogP) is 3.06. The van der Waals surface area contributed by atoms with Gasteiger partial charge in [0.15, 0.2) is 0 Å². The minimum absolute atomic E-state index is 0.302. The molecule has 0 heterocycles. The van der Waals surface area contributed by atoms with E-state index in [0.717, 1.165) is 23.7 Å². The van der Waals surface area contributed by atoms with E-state index in [9.17, 15) is 0 Å². The molecular weight excluding hydrogens is 218 g/mol. The topological polar surface area (TPSA) is 35.2 Å². The standard InChI is InChI=1S/C13H21NOS/c1-13(2,3)16-9-8-15-12-7-5-4-6-11(12)10-14/h4-7H,8-10,14H2,1-3H3. The average molecular weight is 239 g/mol. The first-order chi connectivity index (χ1) is 7.53. The summed E-state index contributed by atoms with van der Waals surface area (Å²) in [4.78, 5) is 0. The van der Waals surface area contributed by atoms with E-state index in [0.29, 0.717) is 11.3 Å². The number of ether oxygens (including phenoxy) is 1. The van der Waals surface area contributed by atoms with Crippen LogP contribution in [0.25, 0.3) is 0 Å². The quantitative estimate of drug-likeness (QED) is 0.802. The van der Waals surface area contributed by atoms with E-state index >= 15 is 0 Å². The highest BCUT2D eigenvalue weighted by atomic mass is 32.2. The molecule has 0 atom stereocenters. The SMILES string of the molecule is CC(C)(C)SCCOc1ccccc1CN. The van der Waals surface area contributed by atoms with Crippen molar-refractivity contribution in [2.75, 3.05) is 12.4 Å². The summed E-state index contributed by atoms with van der Waals surface area (Å²) in [5, 5.41) is 0. The van der Waals surface area contributed by atoms with Crippen LogP contribution in [0.4, 0.5) is 0 Å². The van der Waals surface area contributed by atoms with Gasteiger partial charge in [-0.15, -0.1) is 0 Å². The van der Waals surface area contributed by atoms with E-state index in [1.807, 2.05) is 36.0 Å². The van der Waals surface area contributed by atoms with Gasteiger partial charge in [0, 0.05) is 22.6 Å². The summed E-state index contributed by atoms with van der Waals surface area (Å²) >= 11 is 1.91. The molecule has 0 spiro atoms.